The summed E-state index contributed by atoms with van der Waals surface area (Å²) >= 11 is 5.69. The Kier molecular flexibility index (Phi) is 7.28. The Balaban J connectivity index is 4.76. The molecule has 0 bridgehead atoms. The van der Waals surface area contributed by atoms with Crippen LogP contribution in [-0.2, 0) is 13.9 Å². The monoisotopic (exact) mass is 264 g/mol. The topological polar surface area (TPSA) is 27.7 Å². The lowest BCUT2D eigenvalue weighted by atomic mass is 10.1. The fourth-order valence-corrected chi connectivity index (χ4v) is 2.20. The van der Waals surface area contributed by atoms with Gasteiger partial charge < -0.3 is 13.9 Å². The highest BCUT2D eigenvalue weighted by molar-refractivity contribution is 6.90. The molecular weight excluding hydrogens is 244 g/mol. The zero-order chi connectivity index (χ0) is 12.8. The zero-order valence-electron chi connectivity index (χ0n) is 10.6. The van der Waals surface area contributed by atoms with Gasteiger partial charge in [0, 0.05) is 0 Å². The molecule has 0 fully saturated rings. The molecule has 5 heteroatoms. The number of rotatable bonds is 7. The van der Waals surface area contributed by atoms with Gasteiger partial charge in [0.2, 0.25) is 0 Å². The summed E-state index contributed by atoms with van der Waals surface area (Å²) in [6.07, 6.45) is 4.90. The number of ether oxygens (including phenoxy) is 2. The fourth-order valence-electron chi connectivity index (χ4n) is 1.08. The molecule has 0 radical (unpaired) electrons. The number of hydrogen-bond acceptors (Lipinski definition) is 3. The maximum absolute atomic E-state index is 5.69. The van der Waals surface area contributed by atoms with E-state index in [-0.39, 0.29) is 12.2 Å². The molecule has 3 nitrogen and oxygen atoms in total. The normalized spacial score (nSPS) is 16.2. The Morgan fingerprint density at radius 3 is 1.88 bits per heavy atom. The van der Waals surface area contributed by atoms with E-state index in [4.69, 9.17) is 31.4 Å². The van der Waals surface area contributed by atoms with Gasteiger partial charge in [-0.3, -0.25) is 0 Å². The average Bonchev–Trinajstić information content (AvgIpc) is 2.15. The number of hydrogen-bond donors (Lipinski definition) is 0. The summed E-state index contributed by atoms with van der Waals surface area (Å²) in [5.41, 5.74) is -0.914. The van der Waals surface area contributed by atoms with Gasteiger partial charge >= 0.3 is 0 Å². The van der Waals surface area contributed by atoms with Gasteiger partial charge in [0.25, 0.3) is 9.07 Å². The molecule has 0 aliphatic rings. The first-order valence-corrected chi connectivity index (χ1v) is 8.06. The van der Waals surface area contributed by atoms with Crippen LogP contribution in [0.5, 0.6) is 0 Å². The van der Waals surface area contributed by atoms with Crippen molar-refractivity contribution < 1.29 is 13.9 Å². The highest BCUT2D eigenvalue weighted by Crippen LogP contribution is 2.22. The van der Waals surface area contributed by atoms with Crippen LogP contribution < -0.4 is 0 Å². The molecule has 16 heavy (non-hydrogen) atoms. The lowest BCUT2D eigenvalue weighted by molar-refractivity contribution is -0.234. The summed E-state index contributed by atoms with van der Waals surface area (Å²) in [5, 5.41) is 0. The fraction of sp³-hybridized carbons (Fsp3) is 0.818. The first-order chi connectivity index (χ1) is 7.35. The van der Waals surface area contributed by atoms with Gasteiger partial charge in [0.15, 0.2) is 11.9 Å². The Bertz CT molecular complexity index is 230. The third-order valence-electron chi connectivity index (χ3n) is 1.88. The summed E-state index contributed by atoms with van der Waals surface area (Å²) in [5.74, 6) is 2.57. The predicted octanol–water partition coefficient (Wildman–Crippen LogP) is 1.81. The van der Waals surface area contributed by atoms with Crippen LogP contribution in [0.15, 0.2) is 0 Å². The maximum atomic E-state index is 5.69. The van der Waals surface area contributed by atoms with Crippen LogP contribution in [0.2, 0.25) is 0 Å². The molecule has 0 aromatic carbocycles. The van der Waals surface area contributed by atoms with Crippen LogP contribution in [-0.4, -0.2) is 33.2 Å². The molecule has 0 N–H and O–H groups in total. The van der Waals surface area contributed by atoms with Gasteiger partial charge in [0.05, 0.1) is 12.2 Å². The van der Waals surface area contributed by atoms with Gasteiger partial charge in [-0.05, 0) is 34.6 Å². The van der Waals surface area contributed by atoms with Crippen LogP contribution in [0.4, 0.5) is 0 Å². The molecule has 0 aromatic rings. The summed E-state index contributed by atoms with van der Waals surface area (Å²) in [6, 6.07) is 0. The molecule has 0 heterocycles. The molecule has 0 saturated carbocycles. The third-order valence-corrected chi connectivity index (χ3v) is 2.92. The van der Waals surface area contributed by atoms with E-state index in [9.17, 15) is 0 Å². The van der Waals surface area contributed by atoms with Crippen LogP contribution in [0.3, 0.4) is 0 Å². The summed E-state index contributed by atoms with van der Waals surface area (Å²) in [4.78, 5) is 0. The van der Waals surface area contributed by atoms with Crippen molar-refractivity contribution >= 4 is 20.2 Å². The van der Waals surface area contributed by atoms with Crippen molar-refractivity contribution in [1.29, 1.82) is 0 Å². The summed E-state index contributed by atoms with van der Waals surface area (Å²) in [6.45, 7) is 9.45. The van der Waals surface area contributed by atoms with Gasteiger partial charge in [0.1, 0.15) is 0 Å². The van der Waals surface area contributed by atoms with E-state index in [2.05, 4.69) is 5.92 Å². The molecule has 0 aromatic heterocycles. The van der Waals surface area contributed by atoms with Crippen molar-refractivity contribution in [2.24, 2.45) is 0 Å². The second kappa shape index (κ2) is 7.31. The molecule has 0 amide bonds. The van der Waals surface area contributed by atoms with Crippen molar-refractivity contribution in [2.75, 3.05) is 0 Å². The Morgan fingerprint density at radius 2 is 1.62 bits per heavy atom. The Morgan fingerprint density at radius 1 is 1.19 bits per heavy atom. The number of terminal acetylenes is 1. The largest absolute Gasteiger partial charge is 0.388 e. The molecule has 1 atom stereocenters. The highest BCUT2D eigenvalue weighted by atomic mass is 35.6. The van der Waals surface area contributed by atoms with E-state index in [1.165, 1.54) is 0 Å². The minimum absolute atomic E-state index is 0.0111. The molecule has 94 valence electrons. The van der Waals surface area contributed by atoms with Gasteiger partial charge in [-0.25, -0.2) is 0 Å². The lowest BCUT2D eigenvalue weighted by Gasteiger charge is -2.34. The first kappa shape index (κ1) is 15.9. The van der Waals surface area contributed by atoms with E-state index in [0.717, 1.165) is 0 Å². The summed E-state index contributed by atoms with van der Waals surface area (Å²) in [7, 11) is -1.14. The first-order valence-electron chi connectivity index (χ1n) is 5.34. The molecule has 0 spiro atoms. The minimum atomic E-state index is -1.14. The van der Waals surface area contributed by atoms with Crippen LogP contribution in [0, 0.1) is 12.3 Å². The maximum Gasteiger partial charge on any atom is 0.260 e. The molecular formula is C11H21ClO3Si. The van der Waals surface area contributed by atoms with Crippen molar-refractivity contribution in [3.63, 3.8) is 0 Å². The Hall–Kier alpha value is -0.0531. The van der Waals surface area contributed by atoms with Crippen molar-refractivity contribution in [3.8, 4) is 12.3 Å². The molecule has 0 saturated heterocycles. The predicted molar refractivity (Wildman–Crippen MR) is 69.0 cm³/mol. The average molecular weight is 265 g/mol. The second-order valence-electron chi connectivity index (χ2n) is 4.21. The van der Waals surface area contributed by atoms with Crippen molar-refractivity contribution in [2.45, 2.75) is 58.7 Å². The van der Waals surface area contributed by atoms with Gasteiger partial charge in [-0.1, -0.05) is 5.92 Å². The van der Waals surface area contributed by atoms with Crippen LogP contribution in [0.25, 0.3) is 0 Å². The molecule has 0 unspecified atom stereocenters. The molecule has 0 aliphatic carbocycles. The van der Waals surface area contributed by atoms with E-state index in [1.807, 2.05) is 27.7 Å². The van der Waals surface area contributed by atoms with Gasteiger partial charge in [-0.2, -0.15) is 0 Å². The smallest absolute Gasteiger partial charge is 0.260 e. The standard InChI is InChI=1S/C11H21ClO3Si/c1-7-11(6,15-16-12)10(13-8(2)3)14-9(4)5/h1,8-10H,16H2,2-6H3/t11-/m0/s1. The lowest BCUT2D eigenvalue weighted by Crippen LogP contribution is -2.47. The van der Waals surface area contributed by atoms with E-state index < -0.39 is 21.0 Å². The van der Waals surface area contributed by atoms with Crippen LogP contribution in [0.1, 0.15) is 34.6 Å². The van der Waals surface area contributed by atoms with Gasteiger partial charge in [-0.15, -0.1) is 17.5 Å². The second-order valence-corrected chi connectivity index (χ2v) is 5.37. The molecule has 0 rings (SSSR count). The van der Waals surface area contributed by atoms with E-state index in [0.29, 0.717) is 0 Å². The van der Waals surface area contributed by atoms with Crippen molar-refractivity contribution in [3.05, 3.63) is 0 Å². The van der Waals surface area contributed by atoms with E-state index >= 15 is 0 Å². The zero-order valence-corrected chi connectivity index (χ0v) is 12.8. The van der Waals surface area contributed by atoms with Crippen molar-refractivity contribution in [1.82, 2.24) is 0 Å². The van der Waals surface area contributed by atoms with E-state index in [1.54, 1.807) is 6.92 Å². The third kappa shape index (κ3) is 5.33. The highest BCUT2D eigenvalue weighted by Gasteiger charge is 2.36. The molecule has 0 aliphatic heterocycles. The quantitative estimate of drug-likeness (QED) is 0.304. The Labute approximate surface area is 105 Å². The van der Waals surface area contributed by atoms with Crippen LogP contribution >= 0.6 is 11.1 Å². The summed E-state index contributed by atoms with van der Waals surface area (Å²) < 4.78 is 16.7. The SMILES string of the molecule is C#C[C@](C)(O[SiH2]Cl)C(OC(C)C)OC(C)C. The minimum Gasteiger partial charge on any atom is -0.388 e. The number of halogens is 1.